The van der Waals surface area contributed by atoms with Crippen LogP contribution in [0.2, 0.25) is 0 Å². The van der Waals surface area contributed by atoms with Gasteiger partial charge in [0, 0.05) is 17.0 Å². The highest BCUT2D eigenvalue weighted by molar-refractivity contribution is 7.17. The number of carboxylic acid groups (broad SMARTS) is 1. The predicted octanol–water partition coefficient (Wildman–Crippen LogP) is 4.96. The summed E-state index contributed by atoms with van der Waals surface area (Å²) in [7, 11) is 1.58. The second kappa shape index (κ2) is 9.73. The van der Waals surface area contributed by atoms with Crippen LogP contribution < -0.4 is 15.4 Å². The van der Waals surface area contributed by atoms with Crippen molar-refractivity contribution in [3.8, 4) is 5.75 Å². The third-order valence-corrected chi connectivity index (χ3v) is 7.05. The zero-order chi connectivity index (χ0) is 23.5. The summed E-state index contributed by atoms with van der Waals surface area (Å²) in [5, 5.41) is 15.1. The monoisotopic (exact) mass is 458 g/mol. The Morgan fingerprint density at radius 1 is 1.12 bits per heavy atom. The standard InChI is InChI=1S/C24H30N2O5S/c1-24(2,3)14-5-10-17-18(13-14)32-23(26-19(27)11-12-20(28)29)21(17)22(30)25-15-6-8-16(31-4)9-7-15/h6-9,14H,5,10-13H2,1-4H3,(H,25,30)(H,26,27)(H,28,29). The Hall–Kier alpha value is -2.87. The number of aliphatic carboxylic acids is 1. The van der Waals surface area contributed by atoms with E-state index in [0.29, 0.717) is 27.9 Å². The molecule has 0 saturated heterocycles. The molecule has 2 amide bonds. The van der Waals surface area contributed by atoms with Gasteiger partial charge in [0.2, 0.25) is 5.91 Å². The lowest BCUT2D eigenvalue weighted by Crippen LogP contribution is -2.27. The van der Waals surface area contributed by atoms with Crippen molar-refractivity contribution < 1.29 is 24.2 Å². The second-order valence-electron chi connectivity index (χ2n) is 9.14. The van der Waals surface area contributed by atoms with Gasteiger partial charge in [-0.05, 0) is 60.4 Å². The maximum Gasteiger partial charge on any atom is 0.303 e. The van der Waals surface area contributed by atoms with Crippen LogP contribution in [0.15, 0.2) is 24.3 Å². The summed E-state index contributed by atoms with van der Waals surface area (Å²) in [5.41, 5.74) is 2.24. The molecule has 0 spiro atoms. The van der Waals surface area contributed by atoms with Crippen LogP contribution in [0.3, 0.4) is 0 Å². The molecule has 0 bridgehead atoms. The number of carbonyl (C=O) groups is 3. The molecule has 1 atom stereocenters. The van der Waals surface area contributed by atoms with Crippen LogP contribution >= 0.6 is 11.3 Å². The summed E-state index contributed by atoms with van der Waals surface area (Å²) < 4.78 is 5.16. The number of fused-ring (bicyclic) bond motifs is 1. The molecular weight excluding hydrogens is 428 g/mol. The molecule has 2 aromatic rings. The molecule has 1 aromatic carbocycles. The molecule has 1 aliphatic carbocycles. The highest BCUT2D eigenvalue weighted by Crippen LogP contribution is 2.44. The minimum Gasteiger partial charge on any atom is -0.497 e. The summed E-state index contributed by atoms with van der Waals surface area (Å²) >= 11 is 1.43. The number of carboxylic acids is 1. The number of anilines is 2. The average molecular weight is 459 g/mol. The van der Waals surface area contributed by atoms with Crippen LogP contribution in [0, 0.1) is 11.3 Å². The number of thiophene rings is 1. The molecule has 3 N–H and O–H groups in total. The van der Waals surface area contributed by atoms with Crippen LogP contribution in [0.5, 0.6) is 5.75 Å². The van der Waals surface area contributed by atoms with Crippen molar-refractivity contribution >= 4 is 39.8 Å². The van der Waals surface area contributed by atoms with E-state index in [1.54, 1.807) is 31.4 Å². The van der Waals surface area contributed by atoms with Crippen LogP contribution in [0.1, 0.15) is 60.8 Å². The molecule has 1 aromatic heterocycles. The van der Waals surface area contributed by atoms with Gasteiger partial charge in [0.15, 0.2) is 0 Å². The van der Waals surface area contributed by atoms with Crippen molar-refractivity contribution in [2.45, 2.75) is 52.9 Å². The van der Waals surface area contributed by atoms with Crippen molar-refractivity contribution in [1.82, 2.24) is 0 Å². The number of nitrogens with one attached hydrogen (secondary N) is 2. The number of hydrogen-bond donors (Lipinski definition) is 3. The zero-order valence-electron chi connectivity index (χ0n) is 18.9. The van der Waals surface area contributed by atoms with Gasteiger partial charge < -0.3 is 20.5 Å². The van der Waals surface area contributed by atoms with Crippen molar-refractivity contribution in [3.63, 3.8) is 0 Å². The first kappa shape index (κ1) is 23.8. The molecule has 7 nitrogen and oxygen atoms in total. The highest BCUT2D eigenvalue weighted by Gasteiger charge is 2.34. The molecule has 1 aliphatic rings. The van der Waals surface area contributed by atoms with E-state index < -0.39 is 11.9 Å². The smallest absolute Gasteiger partial charge is 0.303 e. The fourth-order valence-corrected chi connectivity index (χ4v) is 5.27. The van der Waals surface area contributed by atoms with E-state index in [0.717, 1.165) is 29.7 Å². The maximum atomic E-state index is 13.3. The van der Waals surface area contributed by atoms with E-state index in [1.807, 2.05) is 0 Å². The third-order valence-electron chi connectivity index (χ3n) is 5.88. The minimum absolute atomic E-state index is 0.137. The summed E-state index contributed by atoms with van der Waals surface area (Å²) in [6.45, 7) is 6.67. The lowest BCUT2D eigenvalue weighted by atomic mass is 9.72. The van der Waals surface area contributed by atoms with Crippen LogP contribution in [0.25, 0.3) is 0 Å². The fraction of sp³-hybridized carbons (Fsp3) is 0.458. The largest absolute Gasteiger partial charge is 0.497 e. The van der Waals surface area contributed by atoms with Gasteiger partial charge in [0.05, 0.1) is 19.1 Å². The van der Waals surface area contributed by atoms with Crippen LogP contribution in [-0.2, 0) is 22.4 Å². The molecule has 0 aliphatic heterocycles. The Labute approximate surface area is 192 Å². The van der Waals surface area contributed by atoms with E-state index in [9.17, 15) is 14.4 Å². The SMILES string of the molecule is COc1ccc(NC(=O)c2c(NC(=O)CCC(=O)O)sc3c2CCC(C(C)(C)C)C3)cc1. The maximum absolute atomic E-state index is 13.3. The van der Waals surface area contributed by atoms with Crippen molar-refractivity contribution in [2.24, 2.45) is 11.3 Å². The van der Waals surface area contributed by atoms with E-state index in [4.69, 9.17) is 9.84 Å². The summed E-state index contributed by atoms with van der Waals surface area (Å²) in [4.78, 5) is 37.5. The molecule has 0 saturated carbocycles. The Bertz CT molecular complexity index is 1000. The predicted molar refractivity (Wildman–Crippen MR) is 126 cm³/mol. The summed E-state index contributed by atoms with van der Waals surface area (Å²) in [5.74, 6) is -0.541. The Morgan fingerprint density at radius 2 is 1.81 bits per heavy atom. The number of methoxy groups -OCH3 is 1. The van der Waals surface area contributed by atoms with Crippen LogP contribution in [-0.4, -0.2) is 30.0 Å². The Kier molecular flexibility index (Phi) is 7.23. The van der Waals surface area contributed by atoms with Crippen molar-refractivity contribution in [1.29, 1.82) is 0 Å². The average Bonchev–Trinajstić information content (AvgIpc) is 3.09. The normalized spacial score (nSPS) is 15.6. The first-order valence-electron chi connectivity index (χ1n) is 10.7. The van der Waals surface area contributed by atoms with Gasteiger partial charge in [-0.1, -0.05) is 20.8 Å². The second-order valence-corrected chi connectivity index (χ2v) is 10.2. The fourth-order valence-electron chi connectivity index (χ4n) is 3.93. The number of amides is 2. The minimum atomic E-state index is -1.03. The zero-order valence-corrected chi connectivity index (χ0v) is 19.7. The van der Waals surface area contributed by atoms with E-state index >= 15 is 0 Å². The number of hydrogen-bond acceptors (Lipinski definition) is 5. The van der Waals surface area contributed by atoms with Gasteiger partial charge in [-0.3, -0.25) is 14.4 Å². The Balaban J connectivity index is 1.89. The summed E-state index contributed by atoms with van der Waals surface area (Å²) in [6.07, 6.45) is 2.21. The molecule has 3 rings (SSSR count). The quantitative estimate of drug-likeness (QED) is 0.544. The van der Waals surface area contributed by atoms with E-state index in [1.165, 1.54) is 11.3 Å². The van der Waals surface area contributed by atoms with Gasteiger partial charge >= 0.3 is 5.97 Å². The molecule has 172 valence electrons. The molecule has 1 unspecified atom stereocenters. The molecule has 0 radical (unpaired) electrons. The van der Waals surface area contributed by atoms with Crippen molar-refractivity contribution in [3.05, 3.63) is 40.3 Å². The van der Waals surface area contributed by atoms with Gasteiger partial charge in [-0.25, -0.2) is 0 Å². The molecular formula is C24H30N2O5S. The van der Waals surface area contributed by atoms with Gasteiger partial charge in [0.1, 0.15) is 10.8 Å². The van der Waals surface area contributed by atoms with Gasteiger partial charge in [0.25, 0.3) is 5.91 Å². The van der Waals surface area contributed by atoms with E-state index in [-0.39, 0.29) is 24.2 Å². The number of rotatable bonds is 7. The summed E-state index contributed by atoms with van der Waals surface area (Å²) in [6, 6.07) is 7.05. The highest BCUT2D eigenvalue weighted by atomic mass is 32.1. The lowest BCUT2D eigenvalue weighted by molar-refractivity contribution is -0.138. The van der Waals surface area contributed by atoms with Crippen LogP contribution in [0.4, 0.5) is 10.7 Å². The molecule has 1 heterocycles. The number of carbonyl (C=O) groups excluding carboxylic acids is 2. The Morgan fingerprint density at radius 3 is 2.41 bits per heavy atom. The molecule has 32 heavy (non-hydrogen) atoms. The van der Waals surface area contributed by atoms with Gasteiger partial charge in [-0.2, -0.15) is 0 Å². The van der Waals surface area contributed by atoms with E-state index in [2.05, 4.69) is 31.4 Å². The number of benzene rings is 1. The third kappa shape index (κ3) is 5.68. The first-order valence-corrected chi connectivity index (χ1v) is 11.5. The lowest BCUT2D eigenvalue weighted by Gasteiger charge is -2.33. The molecule has 0 fully saturated rings. The topological polar surface area (TPSA) is 105 Å². The van der Waals surface area contributed by atoms with Crippen molar-refractivity contribution in [2.75, 3.05) is 17.7 Å². The number of ether oxygens (including phenoxy) is 1. The van der Waals surface area contributed by atoms with Gasteiger partial charge in [-0.15, -0.1) is 11.3 Å². The molecule has 8 heteroatoms. The first-order chi connectivity index (χ1) is 15.1.